The second-order valence-corrected chi connectivity index (χ2v) is 10.6. The van der Waals surface area contributed by atoms with E-state index < -0.39 is 0 Å². The third-order valence-corrected chi connectivity index (χ3v) is 8.35. The highest BCUT2D eigenvalue weighted by molar-refractivity contribution is 6.09. The first-order valence-corrected chi connectivity index (χ1v) is 13.8. The second-order valence-electron chi connectivity index (χ2n) is 10.6. The first-order chi connectivity index (χ1) is 19.3. The van der Waals surface area contributed by atoms with Crippen LogP contribution in [0.3, 0.4) is 0 Å². The van der Waals surface area contributed by atoms with E-state index in [0.29, 0.717) is 5.92 Å². The first-order valence-electron chi connectivity index (χ1n) is 13.8. The van der Waals surface area contributed by atoms with Gasteiger partial charge in [0.1, 0.15) is 0 Å². The van der Waals surface area contributed by atoms with Crippen LogP contribution in [0.2, 0.25) is 0 Å². The highest BCUT2D eigenvalue weighted by atomic mass is 15.0. The SMILES string of the molecule is CC1CC=Cc2c1c1ccccc1n2-c1cccc(-c2ccccc2-n2c3ccccc3c3ccccc32)c1. The third-order valence-electron chi connectivity index (χ3n) is 8.35. The maximum absolute atomic E-state index is 2.45. The standard InChI is InChI=1S/C37H28N2/c1-25-12-10-23-36-37(25)31-18-5-9-22-35(31)38(36)27-14-11-13-26(24-27)28-15-2-6-19-32(28)39-33-20-7-3-16-29(33)30-17-4-8-21-34(30)39/h2-11,13-25H,12H2,1H3. The van der Waals surface area contributed by atoms with Crippen molar-refractivity contribution in [3.8, 4) is 22.5 Å². The Hall–Kier alpha value is -4.82. The number of rotatable bonds is 3. The normalized spacial score (nSPS) is 14.8. The molecule has 2 heteroatoms. The Morgan fingerprint density at radius 1 is 0.590 bits per heavy atom. The highest BCUT2D eigenvalue weighted by Gasteiger charge is 2.23. The molecule has 0 saturated carbocycles. The lowest BCUT2D eigenvalue weighted by atomic mass is 9.91. The van der Waals surface area contributed by atoms with Gasteiger partial charge in [0.15, 0.2) is 0 Å². The van der Waals surface area contributed by atoms with E-state index in [2.05, 4.69) is 150 Å². The van der Waals surface area contributed by atoms with Gasteiger partial charge in [0.05, 0.1) is 22.2 Å². The fourth-order valence-corrected chi connectivity index (χ4v) is 6.65. The van der Waals surface area contributed by atoms with Crippen LogP contribution in [0.15, 0.2) is 127 Å². The molecule has 39 heavy (non-hydrogen) atoms. The number of hydrogen-bond acceptors (Lipinski definition) is 0. The molecule has 1 unspecified atom stereocenters. The van der Waals surface area contributed by atoms with Crippen molar-refractivity contribution in [2.75, 3.05) is 0 Å². The summed E-state index contributed by atoms with van der Waals surface area (Å²) in [5.41, 5.74) is 11.3. The predicted molar refractivity (Wildman–Crippen MR) is 165 cm³/mol. The van der Waals surface area contributed by atoms with Crippen molar-refractivity contribution in [2.24, 2.45) is 0 Å². The van der Waals surface area contributed by atoms with Gasteiger partial charge in [-0.1, -0.05) is 97.9 Å². The van der Waals surface area contributed by atoms with Crippen LogP contribution in [-0.4, -0.2) is 9.13 Å². The van der Waals surface area contributed by atoms with E-state index in [1.54, 1.807) is 0 Å². The van der Waals surface area contributed by atoms with Gasteiger partial charge in [-0.25, -0.2) is 0 Å². The molecular weight excluding hydrogens is 472 g/mol. The Balaban J connectivity index is 1.37. The fraction of sp³-hybridized carbons (Fsp3) is 0.0811. The van der Waals surface area contributed by atoms with E-state index in [4.69, 9.17) is 0 Å². The summed E-state index contributed by atoms with van der Waals surface area (Å²) in [5, 5.41) is 3.92. The number of hydrogen-bond donors (Lipinski definition) is 0. The number of benzene rings is 5. The van der Waals surface area contributed by atoms with E-state index in [-0.39, 0.29) is 0 Å². The van der Waals surface area contributed by atoms with Crippen molar-refractivity contribution in [1.29, 1.82) is 0 Å². The van der Waals surface area contributed by atoms with Gasteiger partial charge in [-0.3, -0.25) is 0 Å². The van der Waals surface area contributed by atoms with Crippen LogP contribution in [0.25, 0.3) is 61.3 Å². The van der Waals surface area contributed by atoms with E-state index in [0.717, 1.165) is 6.42 Å². The van der Waals surface area contributed by atoms with Crippen molar-refractivity contribution < 1.29 is 0 Å². The average molecular weight is 501 g/mol. The monoisotopic (exact) mass is 500 g/mol. The molecule has 0 bridgehead atoms. The van der Waals surface area contributed by atoms with E-state index in [1.165, 1.54) is 66.5 Å². The summed E-state index contributed by atoms with van der Waals surface area (Å²) in [5.74, 6) is 0.510. The van der Waals surface area contributed by atoms with Crippen LogP contribution in [0.5, 0.6) is 0 Å². The Kier molecular flexibility index (Phi) is 4.90. The molecule has 0 aliphatic heterocycles. The van der Waals surface area contributed by atoms with Crippen LogP contribution in [-0.2, 0) is 0 Å². The molecule has 2 heterocycles. The Morgan fingerprint density at radius 3 is 1.95 bits per heavy atom. The number of allylic oxidation sites excluding steroid dienone is 1. The third kappa shape index (κ3) is 3.28. The fourth-order valence-electron chi connectivity index (χ4n) is 6.65. The van der Waals surface area contributed by atoms with Gasteiger partial charge in [-0.15, -0.1) is 0 Å². The van der Waals surface area contributed by atoms with Gasteiger partial charge in [0.2, 0.25) is 0 Å². The summed E-state index contributed by atoms with van der Waals surface area (Å²) in [7, 11) is 0. The van der Waals surface area contributed by atoms with Crippen molar-refractivity contribution in [2.45, 2.75) is 19.3 Å². The maximum Gasteiger partial charge on any atom is 0.0541 e. The molecular formula is C37H28N2. The van der Waals surface area contributed by atoms with Crippen LogP contribution in [0, 0.1) is 0 Å². The summed E-state index contributed by atoms with van der Waals surface area (Å²) < 4.78 is 4.87. The van der Waals surface area contributed by atoms with Crippen molar-refractivity contribution in [3.63, 3.8) is 0 Å². The molecule has 2 aromatic heterocycles. The number of para-hydroxylation sites is 4. The van der Waals surface area contributed by atoms with Gasteiger partial charge >= 0.3 is 0 Å². The van der Waals surface area contributed by atoms with E-state index in [1.807, 2.05) is 0 Å². The lowest BCUT2D eigenvalue weighted by molar-refractivity contribution is 0.773. The van der Waals surface area contributed by atoms with Crippen LogP contribution in [0.1, 0.15) is 30.5 Å². The van der Waals surface area contributed by atoms with Crippen LogP contribution in [0.4, 0.5) is 0 Å². The molecule has 1 aliphatic carbocycles. The second kappa shape index (κ2) is 8.61. The molecule has 5 aromatic carbocycles. The maximum atomic E-state index is 2.45. The lowest BCUT2D eigenvalue weighted by Crippen LogP contribution is -2.03. The van der Waals surface area contributed by atoms with Gasteiger partial charge in [0.25, 0.3) is 0 Å². The average Bonchev–Trinajstić information content (AvgIpc) is 3.51. The molecule has 8 rings (SSSR count). The molecule has 0 radical (unpaired) electrons. The quantitative estimate of drug-likeness (QED) is 0.228. The lowest BCUT2D eigenvalue weighted by Gasteiger charge is -2.18. The van der Waals surface area contributed by atoms with E-state index in [9.17, 15) is 0 Å². The van der Waals surface area contributed by atoms with Gasteiger partial charge in [-0.2, -0.15) is 0 Å². The summed E-state index contributed by atoms with van der Waals surface area (Å²) in [6.07, 6.45) is 5.73. The smallest absolute Gasteiger partial charge is 0.0541 e. The van der Waals surface area contributed by atoms with Crippen molar-refractivity contribution >= 4 is 38.8 Å². The van der Waals surface area contributed by atoms with Crippen molar-refractivity contribution in [1.82, 2.24) is 9.13 Å². The molecule has 0 N–H and O–H groups in total. The summed E-state index contributed by atoms with van der Waals surface area (Å²) in [6, 6.07) is 44.1. The first kappa shape index (κ1) is 22.2. The highest BCUT2D eigenvalue weighted by Crippen LogP contribution is 2.41. The minimum Gasteiger partial charge on any atom is -0.310 e. The minimum absolute atomic E-state index is 0.510. The topological polar surface area (TPSA) is 9.86 Å². The summed E-state index contributed by atoms with van der Waals surface area (Å²) >= 11 is 0. The molecule has 0 spiro atoms. The number of aromatic nitrogens is 2. The zero-order valence-corrected chi connectivity index (χ0v) is 21.9. The van der Waals surface area contributed by atoms with Gasteiger partial charge < -0.3 is 9.13 Å². The van der Waals surface area contributed by atoms with Crippen LogP contribution < -0.4 is 0 Å². The summed E-state index contributed by atoms with van der Waals surface area (Å²) in [6.45, 7) is 2.34. The van der Waals surface area contributed by atoms with Gasteiger partial charge in [0, 0.05) is 33.1 Å². The Labute approximate surface area is 228 Å². The molecule has 0 saturated heterocycles. The van der Waals surface area contributed by atoms with Crippen LogP contribution >= 0.6 is 0 Å². The molecule has 7 aromatic rings. The molecule has 2 nitrogen and oxygen atoms in total. The molecule has 186 valence electrons. The molecule has 0 amide bonds. The molecule has 1 aliphatic rings. The Bertz CT molecular complexity index is 2010. The van der Waals surface area contributed by atoms with E-state index >= 15 is 0 Å². The number of nitrogens with zero attached hydrogens (tertiary/aromatic N) is 2. The zero-order valence-electron chi connectivity index (χ0n) is 21.9. The predicted octanol–water partition coefficient (Wildman–Crippen LogP) is 9.91. The number of fused-ring (bicyclic) bond motifs is 6. The Morgan fingerprint density at radius 2 is 1.21 bits per heavy atom. The van der Waals surface area contributed by atoms with Gasteiger partial charge in [-0.05, 0) is 65.9 Å². The zero-order chi connectivity index (χ0) is 25.9. The minimum atomic E-state index is 0.510. The van der Waals surface area contributed by atoms with Crippen molar-refractivity contribution in [3.05, 3.63) is 139 Å². The molecule has 1 atom stereocenters. The molecule has 0 fully saturated rings. The largest absolute Gasteiger partial charge is 0.310 e. The summed E-state index contributed by atoms with van der Waals surface area (Å²) in [4.78, 5) is 0.